The molecule has 0 bridgehead atoms. The van der Waals surface area contributed by atoms with Crippen LogP contribution in [0.25, 0.3) is 0 Å². The third-order valence-corrected chi connectivity index (χ3v) is 1.30. The molecule has 0 N–H and O–H groups in total. The Balaban J connectivity index is 2.82. The van der Waals surface area contributed by atoms with E-state index < -0.39 is 0 Å². The molecule has 0 heteroatoms. The van der Waals surface area contributed by atoms with Gasteiger partial charge in [0.2, 0.25) is 0 Å². The van der Waals surface area contributed by atoms with Gasteiger partial charge in [0.05, 0.1) is 0 Å². The van der Waals surface area contributed by atoms with E-state index >= 15 is 0 Å². The number of hydrogen-bond donors (Lipinski definition) is 0. The van der Waals surface area contributed by atoms with Crippen molar-refractivity contribution in [3.05, 3.63) is 18.6 Å². The third-order valence-electron chi connectivity index (χ3n) is 1.30. The first-order chi connectivity index (χ1) is 4.41. The van der Waals surface area contributed by atoms with Crippen LogP contribution in [-0.4, -0.2) is 0 Å². The molecule has 0 atom stereocenters. The average Bonchev–Trinajstić information content (AvgIpc) is 1.89. The monoisotopic (exact) mass is 125 g/mol. The van der Waals surface area contributed by atoms with Crippen molar-refractivity contribution >= 4 is 0 Å². The first-order valence-corrected chi connectivity index (χ1v) is 3.86. The molecule has 0 heterocycles. The van der Waals surface area contributed by atoms with Crippen LogP contribution in [0.4, 0.5) is 0 Å². The molecule has 0 saturated carbocycles. The minimum atomic E-state index is 1.25. The summed E-state index contributed by atoms with van der Waals surface area (Å²) in [5.41, 5.74) is 0. The summed E-state index contributed by atoms with van der Waals surface area (Å²) in [4.78, 5) is 0. The molecule has 0 nitrogen and oxygen atoms in total. The smallest absolute Gasteiger partial charge is 0.0202 e. The second-order valence-electron chi connectivity index (χ2n) is 2.26. The van der Waals surface area contributed by atoms with Gasteiger partial charge in [-0.05, 0) is 19.3 Å². The van der Waals surface area contributed by atoms with Crippen molar-refractivity contribution < 1.29 is 0 Å². The molecule has 0 rings (SSSR count). The summed E-state index contributed by atoms with van der Waals surface area (Å²) in [7, 11) is 0. The number of rotatable bonds is 5. The van der Waals surface area contributed by atoms with E-state index in [-0.39, 0.29) is 0 Å². The highest BCUT2D eigenvalue weighted by molar-refractivity contribution is 4.91. The molecule has 0 aliphatic heterocycles. The molecular weight excluding hydrogens is 108 g/mol. The van der Waals surface area contributed by atoms with E-state index in [4.69, 9.17) is 0 Å². The van der Waals surface area contributed by atoms with E-state index in [1.54, 1.807) is 0 Å². The fraction of sp³-hybridized carbons (Fsp3) is 0.667. The second kappa shape index (κ2) is 7.74. The molecule has 0 fully saturated rings. The van der Waals surface area contributed by atoms with Gasteiger partial charge in [0.15, 0.2) is 0 Å². The predicted molar refractivity (Wildman–Crippen MR) is 43.3 cm³/mol. The lowest BCUT2D eigenvalue weighted by molar-refractivity contribution is 0.729. The molecule has 0 saturated heterocycles. The largest absolute Gasteiger partial charge is 0.0882 e. The quantitative estimate of drug-likeness (QED) is 0.494. The van der Waals surface area contributed by atoms with Crippen molar-refractivity contribution in [1.82, 2.24) is 0 Å². The van der Waals surface area contributed by atoms with Gasteiger partial charge in [0.1, 0.15) is 0 Å². The summed E-state index contributed by atoms with van der Waals surface area (Å²) >= 11 is 0. The molecule has 0 unspecified atom stereocenters. The van der Waals surface area contributed by atoms with Crippen LogP contribution < -0.4 is 0 Å². The van der Waals surface area contributed by atoms with E-state index in [1.807, 2.05) is 0 Å². The zero-order valence-corrected chi connectivity index (χ0v) is 6.56. The van der Waals surface area contributed by atoms with Crippen LogP contribution in [0.2, 0.25) is 0 Å². The summed E-state index contributed by atoms with van der Waals surface area (Å²) in [6.07, 6.45) is 11.7. The number of allylic oxidation sites excluding steroid dienone is 2. The molecule has 0 amide bonds. The Kier molecular flexibility index (Phi) is 7.52. The molecule has 0 aliphatic rings. The standard InChI is InChI=1S/C9H17/c1-3-5-7-9-8-6-4-2/h3,5,7H,4,6,8-9H2,1-2H3/b7-5+. The van der Waals surface area contributed by atoms with Crippen molar-refractivity contribution in [2.24, 2.45) is 0 Å². The highest BCUT2D eigenvalue weighted by Gasteiger charge is 1.79. The number of unbranched alkanes of at least 4 members (excludes halogenated alkanes) is 3. The number of hydrogen-bond acceptors (Lipinski definition) is 0. The maximum atomic E-state index is 2.23. The van der Waals surface area contributed by atoms with Crippen LogP contribution in [0.1, 0.15) is 39.5 Å². The van der Waals surface area contributed by atoms with Gasteiger partial charge in [0.25, 0.3) is 0 Å². The summed E-state index contributed by atoms with van der Waals surface area (Å²) in [5, 5.41) is 0. The SMILES string of the molecule is C[CH]/C=C/CCCCC. The lowest BCUT2D eigenvalue weighted by Crippen LogP contribution is -1.69. The zero-order valence-electron chi connectivity index (χ0n) is 6.56. The molecule has 0 spiro atoms. The Morgan fingerprint density at radius 2 is 2.00 bits per heavy atom. The minimum Gasteiger partial charge on any atom is -0.0882 e. The fourth-order valence-corrected chi connectivity index (χ4v) is 0.744. The van der Waals surface area contributed by atoms with Crippen molar-refractivity contribution in [2.75, 3.05) is 0 Å². The van der Waals surface area contributed by atoms with Crippen LogP contribution in [0, 0.1) is 6.42 Å². The van der Waals surface area contributed by atoms with Gasteiger partial charge in [-0.2, -0.15) is 0 Å². The van der Waals surface area contributed by atoms with Gasteiger partial charge >= 0.3 is 0 Å². The summed E-state index contributed by atoms with van der Waals surface area (Å²) in [6.45, 7) is 4.28. The second-order valence-corrected chi connectivity index (χ2v) is 2.26. The minimum absolute atomic E-state index is 1.25. The van der Waals surface area contributed by atoms with Crippen molar-refractivity contribution in [2.45, 2.75) is 39.5 Å². The molecule has 9 heavy (non-hydrogen) atoms. The van der Waals surface area contributed by atoms with E-state index in [1.165, 1.54) is 25.7 Å². The van der Waals surface area contributed by atoms with Gasteiger partial charge in [-0.25, -0.2) is 0 Å². The van der Waals surface area contributed by atoms with Crippen LogP contribution in [-0.2, 0) is 0 Å². The van der Waals surface area contributed by atoms with Crippen LogP contribution in [0.3, 0.4) is 0 Å². The van der Waals surface area contributed by atoms with E-state index in [0.29, 0.717) is 0 Å². The Labute approximate surface area is 59.0 Å². The summed E-state index contributed by atoms with van der Waals surface area (Å²) < 4.78 is 0. The molecule has 1 radical (unpaired) electrons. The third kappa shape index (κ3) is 7.74. The summed E-state index contributed by atoms with van der Waals surface area (Å²) in [6, 6.07) is 0. The topological polar surface area (TPSA) is 0 Å². The first kappa shape index (κ1) is 8.74. The molecule has 0 aromatic carbocycles. The van der Waals surface area contributed by atoms with Crippen molar-refractivity contribution in [3.63, 3.8) is 0 Å². The van der Waals surface area contributed by atoms with Crippen molar-refractivity contribution in [3.8, 4) is 0 Å². The molecule has 0 aromatic rings. The maximum Gasteiger partial charge on any atom is -0.0202 e. The molecular formula is C9H17. The summed E-state index contributed by atoms with van der Waals surface area (Å²) in [5.74, 6) is 0. The first-order valence-electron chi connectivity index (χ1n) is 3.86. The Bertz CT molecular complexity index is 62.4. The Morgan fingerprint density at radius 1 is 1.22 bits per heavy atom. The molecule has 53 valence electrons. The van der Waals surface area contributed by atoms with Gasteiger partial charge in [-0.3, -0.25) is 0 Å². The predicted octanol–water partition coefficient (Wildman–Crippen LogP) is 3.35. The lowest BCUT2D eigenvalue weighted by Gasteiger charge is -1.89. The van der Waals surface area contributed by atoms with Crippen LogP contribution in [0.5, 0.6) is 0 Å². The zero-order chi connectivity index (χ0) is 6.95. The van der Waals surface area contributed by atoms with E-state index in [0.717, 1.165) is 0 Å². The highest BCUT2D eigenvalue weighted by Crippen LogP contribution is 1.99. The molecule has 0 aromatic heterocycles. The highest BCUT2D eigenvalue weighted by atomic mass is 13.9. The normalized spacial score (nSPS) is 10.9. The van der Waals surface area contributed by atoms with Gasteiger partial charge in [0, 0.05) is 0 Å². The van der Waals surface area contributed by atoms with Crippen molar-refractivity contribution in [1.29, 1.82) is 0 Å². The van der Waals surface area contributed by atoms with Gasteiger partial charge < -0.3 is 0 Å². The van der Waals surface area contributed by atoms with Gasteiger partial charge in [-0.1, -0.05) is 38.8 Å². The van der Waals surface area contributed by atoms with E-state index in [9.17, 15) is 0 Å². The van der Waals surface area contributed by atoms with E-state index in [2.05, 4.69) is 32.4 Å². The lowest BCUT2D eigenvalue weighted by atomic mass is 10.2. The Morgan fingerprint density at radius 3 is 2.56 bits per heavy atom. The average molecular weight is 125 g/mol. The van der Waals surface area contributed by atoms with Crippen LogP contribution in [0.15, 0.2) is 12.2 Å². The maximum absolute atomic E-state index is 2.23. The van der Waals surface area contributed by atoms with Gasteiger partial charge in [-0.15, -0.1) is 0 Å². The fourth-order valence-electron chi connectivity index (χ4n) is 0.744. The van der Waals surface area contributed by atoms with Crippen LogP contribution >= 0.6 is 0 Å². The Hall–Kier alpha value is -0.260. The molecule has 0 aliphatic carbocycles.